The van der Waals surface area contributed by atoms with Gasteiger partial charge in [-0.1, -0.05) is 24.1 Å². The van der Waals surface area contributed by atoms with E-state index >= 15 is 0 Å². The Labute approximate surface area is 124 Å². The van der Waals surface area contributed by atoms with Gasteiger partial charge in [-0.25, -0.2) is 4.39 Å². The van der Waals surface area contributed by atoms with Crippen molar-refractivity contribution < 1.29 is 9.50 Å². The Morgan fingerprint density at radius 1 is 1.30 bits per heavy atom. The van der Waals surface area contributed by atoms with Crippen LogP contribution in [0.5, 0.6) is 0 Å². The van der Waals surface area contributed by atoms with Crippen molar-refractivity contribution in [3.8, 4) is 0 Å². The van der Waals surface area contributed by atoms with Gasteiger partial charge in [0, 0.05) is 11.4 Å². The molecule has 1 nitrogen and oxygen atoms in total. The van der Waals surface area contributed by atoms with Crippen LogP contribution in [0.4, 0.5) is 4.39 Å². The molecule has 5 atom stereocenters. The lowest BCUT2D eigenvalue weighted by Gasteiger charge is -2.39. The lowest BCUT2D eigenvalue weighted by atomic mass is 9.70. The van der Waals surface area contributed by atoms with Gasteiger partial charge in [-0.05, 0) is 67.1 Å². The first-order chi connectivity index (χ1) is 9.57. The molecule has 4 rings (SSSR count). The zero-order valence-corrected chi connectivity index (χ0v) is 12.2. The summed E-state index contributed by atoms with van der Waals surface area (Å²) >= 11 is 6.13. The van der Waals surface area contributed by atoms with Crippen molar-refractivity contribution >= 4 is 11.6 Å². The molecule has 0 spiro atoms. The molecule has 0 saturated heterocycles. The van der Waals surface area contributed by atoms with Crippen molar-refractivity contribution in [1.82, 2.24) is 0 Å². The standard InChI is InChI=1S/C17H20ClFO/c18-16-7-12(19)5-4-10(16)8-17(20)9-11-6-15(17)14-3-1-2-13(11)14/h4-5,7,11,13-15,20H,1-3,6,8-9H2. The molecule has 1 aromatic rings. The van der Waals surface area contributed by atoms with E-state index in [0.717, 1.165) is 23.8 Å². The molecule has 1 N–H and O–H groups in total. The van der Waals surface area contributed by atoms with Crippen molar-refractivity contribution in [1.29, 1.82) is 0 Å². The highest BCUT2D eigenvalue weighted by Crippen LogP contribution is 2.63. The molecule has 0 aromatic heterocycles. The van der Waals surface area contributed by atoms with E-state index in [1.54, 1.807) is 6.07 Å². The minimum atomic E-state index is -0.613. The van der Waals surface area contributed by atoms with Gasteiger partial charge in [-0.15, -0.1) is 0 Å². The third kappa shape index (κ3) is 1.84. The maximum atomic E-state index is 13.1. The van der Waals surface area contributed by atoms with Crippen LogP contribution in [-0.4, -0.2) is 10.7 Å². The Kier molecular flexibility index (Phi) is 2.91. The van der Waals surface area contributed by atoms with Gasteiger partial charge in [-0.3, -0.25) is 0 Å². The molecule has 20 heavy (non-hydrogen) atoms. The number of aliphatic hydroxyl groups is 1. The SMILES string of the molecule is OC1(Cc2ccc(F)cc2Cl)CC2CC1C1CCCC21. The number of benzene rings is 1. The van der Waals surface area contributed by atoms with E-state index in [-0.39, 0.29) is 5.82 Å². The van der Waals surface area contributed by atoms with Crippen LogP contribution in [-0.2, 0) is 6.42 Å². The zero-order valence-electron chi connectivity index (χ0n) is 11.5. The first-order valence-corrected chi connectivity index (χ1v) is 8.11. The van der Waals surface area contributed by atoms with E-state index < -0.39 is 5.60 Å². The highest BCUT2D eigenvalue weighted by atomic mass is 35.5. The van der Waals surface area contributed by atoms with E-state index in [4.69, 9.17) is 11.6 Å². The van der Waals surface area contributed by atoms with Gasteiger partial charge >= 0.3 is 0 Å². The number of hydrogen-bond acceptors (Lipinski definition) is 1. The van der Waals surface area contributed by atoms with Crippen LogP contribution in [0.15, 0.2) is 18.2 Å². The second kappa shape index (κ2) is 4.45. The summed E-state index contributed by atoms with van der Waals surface area (Å²) in [5.74, 6) is 2.41. The highest BCUT2D eigenvalue weighted by Gasteiger charge is 2.60. The fraction of sp³-hybridized carbons (Fsp3) is 0.647. The number of halogens is 2. The van der Waals surface area contributed by atoms with Crippen molar-refractivity contribution in [3.63, 3.8) is 0 Å². The third-order valence-electron chi connectivity index (χ3n) is 6.12. The van der Waals surface area contributed by atoms with Gasteiger partial charge < -0.3 is 5.11 Å². The Bertz CT molecular complexity index is 546. The molecule has 2 bridgehead atoms. The zero-order chi connectivity index (χ0) is 13.9. The molecule has 3 aliphatic rings. The first kappa shape index (κ1) is 13.1. The Balaban J connectivity index is 1.60. The topological polar surface area (TPSA) is 20.2 Å². The van der Waals surface area contributed by atoms with Crippen molar-refractivity contribution in [2.45, 2.75) is 44.1 Å². The molecule has 3 heteroatoms. The lowest BCUT2D eigenvalue weighted by molar-refractivity contribution is -0.0450. The molecular formula is C17H20ClFO. The van der Waals surface area contributed by atoms with Gasteiger partial charge in [-0.2, -0.15) is 0 Å². The molecule has 108 valence electrons. The molecule has 0 heterocycles. The van der Waals surface area contributed by atoms with Gasteiger partial charge in [0.15, 0.2) is 0 Å². The Morgan fingerprint density at radius 3 is 2.90 bits per heavy atom. The predicted octanol–water partition coefficient (Wildman–Crippen LogP) is 4.21. The van der Waals surface area contributed by atoms with Crippen LogP contribution in [0.1, 0.15) is 37.7 Å². The van der Waals surface area contributed by atoms with Crippen LogP contribution in [0.25, 0.3) is 0 Å². The molecule has 0 amide bonds. The van der Waals surface area contributed by atoms with Gasteiger partial charge in [0.1, 0.15) is 5.82 Å². The van der Waals surface area contributed by atoms with E-state index in [9.17, 15) is 9.50 Å². The highest BCUT2D eigenvalue weighted by molar-refractivity contribution is 6.31. The molecule has 0 aliphatic heterocycles. The monoisotopic (exact) mass is 294 g/mol. The smallest absolute Gasteiger partial charge is 0.124 e. The second-order valence-electron chi connectivity index (χ2n) is 7.08. The maximum absolute atomic E-state index is 13.1. The average Bonchev–Trinajstić information content (AvgIpc) is 3.03. The molecule has 0 radical (unpaired) electrons. The van der Waals surface area contributed by atoms with Gasteiger partial charge in [0.05, 0.1) is 5.60 Å². The lowest BCUT2D eigenvalue weighted by Crippen LogP contribution is -2.43. The minimum absolute atomic E-state index is 0.311. The Hall–Kier alpha value is -0.600. The van der Waals surface area contributed by atoms with E-state index in [1.807, 2.05) is 0 Å². The van der Waals surface area contributed by atoms with E-state index in [0.29, 0.717) is 23.3 Å². The Morgan fingerprint density at radius 2 is 2.10 bits per heavy atom. The van der Waals surface area contributed by atoms with Crippen molar-refractivity contribution in [3.05, 3.63) is 34.6 Å². The van der Waals surface area contributed by atoms with Gasteiger partial charge in [0.25, 0.3) is 0 Å². The number of rotatable bonds is 2. The first-order valence-electron chi connectivity index (χ1n) is 7.73. The fourth-order valence-electron chi connectivity index (χ4n) is 5.43. The normalized spacial score (nSPS) is 42.1. The molecule has 5 unspecified atom stereocenters. The predicted molar refractivity (Wildman–Crippen MR) is 77.1 cm³/mol. The van der Waals surface area contributed by atoms with E-state index in [2.05, 4.69) is 0 Å². The summed E-state index contributed by atoms with van der Waals surface area (Å²) < 4.78 is 13.1. The van der Waals surface area contributed by atoms with E-state index in [1.165, 1.54) is 37.8 Å². The van der Waals surface area contributed by atoms with Crippen LogP contribution >= 0.6 is 11.6 Å². The van der Waals surface area contributed by atoms with Crippen molar-refractivity contribution in [2.24, 2.45) is 23.7 Å². The molecule has 3 aliphatic carbocycles. The summed E-state index contributed by atoms with van der Waals surface area (Å²) in [5.41, 5.74) is 0.273. The van der Waals surface area contributed by atoms with Crippen LogP contribution in [0.2, 0.25) is 5.02 Å². The second-order valence-corrected chi connectivity index (χ2v) is 7.49. The summed E-state index contributed by atoms with van der Waals surface area (Å²) in [6, 6.07) is 4.52. The fourth-order valence-corrected chi connectivity index (χ4v) is 5.67. The summed E-state index contributed by atoms with van der Waals surface area (Å²) in [6.45, 7) is 0. The maximum Gasteiger partial charge on any atom is 0.124 e. The molecule has 3 fully saturated rings. The summed E-state index contributed by atoms with van der Waals surface area (Å²) in [7, 11) is 0. The quantitative estimate of drug-likeness (QED) is 0.866. The number of fused-ring (bicyclic) bond motifs is 5. The molecule has 3 saturated carbocycles. The average molecular weight is 295 g/mol. The summed E-state index contributed by atoms with van der Waals surface area (Å²) in [6.07, 6.45) is 6.65. The van der Waals surface area contributed by atoms with Crippen molar-refractivity contribution in [2.75, 3.05) is 0 Å². The largest absolute Gasteiger partial charge is 0.389 e. The summed E-state index contributed by atoms with van der Waals surface area (Å²) in [5, 5.41) is 11.6. The molecule has 1 aromatic carbocycles. The third-order valence-corrected chi connectivity index (χ3v) is 6.47. The number of hydrogen-bond donors (Lipinski definition) is 1. The summed E-state index contributed by atoms with van der Waals surface area (Å²) in [4.78, 5) is 0. The van der Waals surface area contributed by atoms with Crippen LogP contribution < -0.4 is 0 Å². The van der Waals surface area contributed by atoms with Crippen LogP contribution in [0, 0.1) is 29.5 Å². The van der Waals surface area contributed by atoms with Gasteiger partial charge in [0.2, 0.25) is 0 Å². The van der Waals surface area contributed by atoms with Crippen LogP contribution in [0.3, 0.4) is 0 Å². The molecular weight excluding hydrogens is 275 g/mol. The minimum Gasteiger partial charge on any atom is -0.389 e.